The molecule has 17 nitrogen and oxygen atoms in total. The Kier molecular flexibility index (Phi) is 65.9. The number of aliphatic hydroxyl groups excluding tert-OH is 1. The van der Waals surface area contributed by atoms with E-state index in [0.717, 1.165) is 102 Å². The molecule has 0 aromatic rings. The molecular weight excluding hydrogens is 1220 g/mol. The first kappa shape index (κ1) is 91.1. The maximum atomic E-state index is 13.1. The first-order valence-electron chi connectivity index (χ1n) is 38.6. The van der Waals surface area contributed by atoms with E-state index in [-0.39, 0.29) is 25.7 Å². The molecule has 0 fully saturated rings. The smallest absolute Gasteiger partial charge is 0.462 e. The highest BCUT2D eigenvalue weighted by molar-refractivity contribution is 7.47. The average Bonchev–Trinajstić information content (AvgIpc) is 3.64. The molecule has 0 radical (unpaired) electrons. The second kappa shape index (κ2) is 67.3. The van der Waals surface area contributed by atoms with E-state index in [9.17, 15) is 43.2 Å². The Balaban J connectivity index is 5.21. The minimum atomic E-state index is -4.95. The molecule has 0 aromatic carbocycles. The van der Waals surface area contributed by atoms with Gasteiger partial charge in [0, 0.05) is 25.7 Å². The molecule has 19 heteroatoms. The van der Waals surface area contributed by atoms with Crippen LogP contribution in [0, 0.1) is 5.92 Å². The number of aliphatic hydroxyl groups is 1. The number of esters is 4. The van der Waals surface area contributed by atoms with Gasteiger partial charge in [-0.1, -0.05) is 336 Å². The quantitative estimate of drug-likeness (QED) is 0.0222. The van der Waals surface area contributed by atoms with Gasteiger partial charge in [-0.15, -0.1) is 0 Å². The molecule has 0 aliphatic heterocycles. The number of phosphoric ester groups is 2. The van der Waals surface area contributed by atoms with Gasteiger partial charge < -0.3 is 33.8 Å². The molecule has 3 N–H and O–H groups in total. The van der Waals surface area contributed by atoms with Gasteiger partial charge in [-0.25, -0.2) is 9.13 Å². The van der Waals surface area contributed by atoms with E-state index in [2.05, 4.69) is 34.6 Å². The Morgan fingerprint density at radius 3 is 0.731 bits per heavy atom. The molecule has 0 saturated carbocycles. The Morgan fingerprint density at radius 1 is 0.290 bits per heavy atom. The Bertz CT molecular complexity index is 1790. The van der Waals surface area contributed by atoms with E-state index >= 15 is 0 Å². The normalized spacial score (nSPS) is 14.0. The zero-order chi connectivity index (χ0) is 68.4. The molecule has 0 saturated heterocycles. The summed E-state index contributed by atoms with van der Waals surface area (Å²) in [7, 11) is -9.90. The van der Waals surface area contributed by atoms with Gasteiger partial charge in [0.05, 0.1) is 26.4 Å². The number of rotatable bonds is 74. The summed E-state index contributed by atoms with van der Waals surface area (Å²) in [5.74, 6) is -1.34. The first-order chi connectivity index (χ1) is 45.0. The van der Waals surface area contributed by atoms with Crippen molar-refractivity contribution in [3.8, 4) is 0 Å². The molecular formula is C74H144O17P2. The van der Waals surface area contributed by atoms with Crippen molar-refractivity contribution in [1.29, 1.82) is 0 Å². The molecule has 5 atom stereocenters. The van der Waals surface area contributed by atoms with Crippen LogP contribution >= 0.6 is 15.6 Å². The number of hydrogen-bond donors (Lipinski definition) is 3. The number of unbranched alkanes of at least 4 members (excludes halogenated alkanes) is 46. The lowest BCUT2D eigenvalue weighted by atomic mass is 10.0. The van der Waals surface area contributed by atoms with Crippen LogP contribution in [0.1, 0.15) is 388 Å². The number of phosphoric acid groups is 2. The molecule has 552 valence electrons. The summed E-state index contributed by atoms with van der Waals surface area (Å²) >= 11 is 0. The van der Waals surface area contributed by atoms with Gasteiger partial charge in [0.25, 0.3) is 0 Å². The third-order valence-corrected chi connectivity index (χ3v) is 19.2. The van der Waals surface area contributed by atoms with E-state index < -0.39 is 97.5 Å². The fourth-order valence-corrected chi connectivity index (χ4v) is 12.9. The van der Waals surface area contributed by atoms with E-state index in [0.29, 0.717) is 25.7 Å². The second-order valence-electron chi connectivity index (χ2n) is 27.2. The van der Waals surface area contributed by atoms with Crippen molar-refractivity contribution in [2.24, 2.45) is 5.92 Å². The molecule has 0 amide bonds. The van der Waals surface area contributed by atoms with Gasteiger partial charge in [0.15, 0.2) is 12.2 Å². The Morgan fingerprint density at radius 2 is 0.495 bits per heavy atom. The summed E-state index contributed by atoms with van der Waals surface area (Å²) in [6, 6.07) is 0. The van der Waals surface area contributed by atoms with Crippen LogP contribution in [0.3, 0.4) is 0 Å². The average molecular weight is 1370 g/mol. The summed E-state index contributed by atoms with van der Waals surface area (Å²) in [6.45, 7) is 7.27. The van der Waals surface area contributed by atoms with Gasteiger partial charge in [0.2, 0.25) is 0 Å². The van der Waals surface area contributed by atoms with Gasteiger partial charge in [-0.2, -0.15) is 0 Å². The van der Waals surface area contributed by atoms with Crippen molar-refractivity contribution in [2.75, 3.05) is 39.6 Å². The standard InChI is InChI=1S/C74H144O17P2/c1-6-9-12-15-18-21-23-25-26-27-28-29-30-36-40-45-50-55-60-74(79)91-70(64-85-72(77)58-53-48-43-38-35-32-31-33-37-41-46-51-56-67(4)5)66-89-93(82,83)87-62-68(75)61-86-92(80,81)88-65-69(63-84-71(76)57-52-47-42-20-17-14-11-8-3)90-73(78)59-54-49-44-39-34-24-22-19-16-13-10-7-2/h67-70,75H,6-66H2,1-5H3,(H,80,81)(H,82,83)/t68-,69+,70+/m0/s1. The van der Waals surface area contributed by atoms with Crippen LogP contribution in [0.2, 0.25) is 0 Å². The maximum Gasteiger partial charge on any atom is 0.472 e. The van der Waals surface area contributed by atoms with Crippen LogP contribution in [-0.2, 0) is 65.4 Å². The largest absolute Gasteiger partial charge is 0.472 e. The summed E-state index contributed by atoms with van der Waals surface area (Å²) < 4.78 is 68.4. The molecule has 2 unspecified atom stereocenters. The highest BCUT2D eigenvalue weighted by atomic mass is 31.2. The fourth-order valence-electron chi connectivity index (χ4n) is 11.4. The lowest BCUT2D eigenvalue weighted by molar-refractivity contribution is -0.161. The molecule has 0 spiro atoms. The van der Waals surface area contributed by atoms with Crippen LogP contribution < -0.4 is 0 Å². The van der Waals surface area contributed by atoms with Crippen molar-refractivity contribution in [3.63, 3.8) is 0 Å². The van der Waals surface area contributed by atoms with E-state index in [1.165, 1.54) is 205 Å². The van der Waals surface area contributed by atoms with Crippen LogP contribution in [0.5, 0.6) is 0 Å². The molecule has 0 aromatic heterocycles. The SMILES string of the molecule is CCCCCCCCCCCCCCCCCCCCC(=O)O[C@H](COC(=O)CCCCCCCCCCCCCCC(C)C)COP(=O)(O)OC[C@@H](O)COP(=O)(O)OC[C@@H](COC(=O)CCCCCCCCCC)OC(=O)CCCCCCCCCCCCCC. The first-order valence-corrected chi connectivity index (χ1v) is 41.6. The highest BCUT2D eigenvalue weighted by Gasteiger charge is 2.30. The second-order valence-corrected chi connectivity index (χ2v) is 30.1. The van der Waals surface area contributed by atoms with Gasteiger partial charge in [-0.05, 0) is 31.6 Å². The molecule has 0 heterocycles. The molecule has 0 aliphatic rings. The monoisotopic (exact) mass is 1370 g/mol. The predicted molar refractivity (Wildman–Crippen MR) is 377 cm³/mol. The van der Waals surface area contributed by atoms with Crippen LogP contribution in [0.25, 0.3) is 0 Å². The summed E-state index contributed by atoms with van der Waals surface area (Å²) in [5, 5.41) is 10.6. The van der Waals surface area contributed by atoms with E-state index in [1.807, 2.05) is 0 Å². The zero-order valence-corrected chi connectivity index (χ0v) is 62.2. The van der Waals surface area contributed by atoms with Crippen LogP contribution in [0.15, 0.2) is 0 Å². The molecule has 0 bridgehead atoms. The van der Waals surface area contributed by atoms with Crippen molar-refractivity contribution in [3.05, 3.63) is 0 Å². The number of carbonyl (C=O) groups excluding carboxylic acids is 4. The summed E-state index contributed by atoms with van der Waals surface area (Å²) in [6.07, 6.45) is 55.5. The zero-order valence-electron chi connectivity index (χ0n) is 60.4. The van der Waals surface area contributed by atoms with E-state index in [1.54, 1.807) is 0 Å². The van der Waals surface area contributed by atoms with Crippen molar-refractivity contribution in [2.45, 2.75) is 406 Å². The number of carbonyl (C=O) groups is 4. The molecule has 0 aliphatic carbocycles. The third kappa shape index (κ3) is 68.4. The minimum absolute atomic E-state index is 0.107. The Hall–Kier alpha value is -1.94. The van der Waals surface area contributed by atoms with Gasteiger partial charge >= 0.3 is 39.5 Å². The van der Waals surface area contributed by atoms with E-state index in [4.69, 9.17) is 37.0 Å². The minimum Gasteiger partial charge on any atom is -0.462 e. The topological polar surface area (TPSA) is 237 Å². The predicted octanol–water partition coefficient (Wildman–Crippen LogP) is 21.7. The summed E-state index contributed by atoms with van der Waals surface area (Å²) in [4.78, 5) is 72.6. The lowest BCUT2D eigenvalue weighted by Gasteiger charge is -2.21. The van der Waals surface area contributed by atoms with Crippen LogP contribution in [0.4, 0.5) is 0 Å². The maximum absolute atomic E-state index is 13.1. The highest BCUT2D eigenvalue weighted by Crippen LogP contribution is 2.45. The Labute approximate surface area is 568 Å². The summed E-state index contributed by atoms with van der Waals surface area (Å²) in [5.41, 5.74) is 0. The third-order valence-electron chi connectivity index (χ3n) is 17.3. The van der Waals surface area contributed by atoms with Gasteiger partial charge in [0.1, 0.15) is 19.3 Å². The van der Waals surface area contributed by atoms with Crippen LogP contribution in [-0.4, -0.2) is 96.7 Å². The fraction of sp³-hybridized carbons (Fsp3) is 0.946. The van der Waals surface area contributed by atoms with Crippen molar-refractivity contribution in [1.82, 2.24) is 0 Å². The van der Waals surface area contributed by atoms with Gasteiger partial charge in [-0.3, -0.25) is 37.3 Å². The number of ether oxygens (including phenoxy) is 4. The number of hydrogen-bond acceptors (Lipinski definition) is 15. The molecule has 93 heavy (non-hydrogen) atoms. The van der Waals surface area contributed by atoms with Crippen molar-refractivity contribution < 1.29 is 80.2 Å². The lowest BCUT2D eigenvalue weighted by Crippen LogP contribution is -2.30. The molecule has 0 rings (SSSR count). The van der Waals surface area contributed by atoms with Crippen molar-refractivity contribution >= 4 is 39.5 Å².